The van der Waals surface area contributed by atoms with Crippen molar-refractivity contribution in [3.8, 4) is 17.6 Å². The Bertz CT molecular complexity index is 2120. The van der Waals surface area contributed by atoms with Crippen molar-refractivity contribution in [1.82, 2.24) is 5.32 Å². The molecule has 0 radical (unpaired) electrons. The molecule has 3 aliphatic carbocycles. The van der Waals surface area contributed by atoms with Crippen LogP contribution in [0.1, 0.15) is 104 Å². The standard InChI is InChI=1S/C47H56N4O5/c1-28-9-14-34-31(24-28)11-15-35-37-19-22-46(3,47(37,4)27-41(55-6)43(34)35)21-7-8-29(2)51(5)33-13-16-38-36(26-33)44(53)50-39(45(54)49-38)17-18-42(52)48-32-12-10-30-20-23-56-40(30)25-32/h9-10,12-14,16,24-26,29,35,37,39,41,43H,8,11,15,17-20,22-23,27H2,1-6H3,(H,48,52)(H,49,54)(H,50,53)/t29?,35?,37?,39?,41?,43?,46?,47-/m0/s1. The molecule has 3 aromatic rings. The lowest BCUT2D eigenvalue weighted by Crippen LogP contribution is -2.51. The number of amides is 3. The third-order valence-electron chi connectivity index (χ3n) is 14.3. The molecule has 294 valence electrons. The molecule has 2 aliphatic heterocycles. The van der Waals surface area contributed by atoms with Gasteiger partial charge in [-0.25, -0.2) is 0 Å². The zero-order valence-corrected chi connectivity index (χ0v) is 33.7. The summed E-state index contributed by atoms with van der Waals surface area (Å²) in [6.45, 7) is 9.88. The molecular weight excluding hydrogens is 701 g/mol. The molecule has 0 bridgehead atoms. The van der Waals surface area contributed by atoms with Gasteiger partial charge in [0.05, 0.1) is 24.0 Å². The molecular formula is C47H56N4O5. The van der Waals surface area contributed by atoms with E-state index in [0.717, 1.165) is 42.7 Å². The van der Waals surface area contributed by atoms with Crippen molar-refractivity contribution >= 4 is 34.8 Å². The van der Waals surface area contributed by atoms with Gasteiger partial charge in [-0.2, -0.15) is 0 Å². The minimum atomic E-state index is -0.842. The number of nitrogens with zero attached hydrogens (tertiary/aromatic N) is 1. The number of methoxy groups -OCH3 is 1. The summed E-state index contributed by atoms with van der Waals surface area (Å²) >= 11 is 0. The molecule has 0 saturated heterocycles. The lowest BCUT2D eigenvalue weighted by atomic mass is 9.50. The predicted molar refractivity (Wildman–Crippen MR) is 220 cm³/mol. The average Bonchev–Trinajstić information content (AvgIpc) is 3.73. The zero-order valence-electron chi connectivity index (χ0n) is 33.7. The van der Waals surface area contributed by atoms with Crippen molar-refractivity contribution in [3.63, 3.8) is 0 Å². The summed E-state index contributed by atoms with van der Waals surface area (Å²) in [6, 6.07) is 17.5. The minimum absolute atomic E-state index is 0.0698. The van der Waals surface area contributed by atoms with E-state index in [1.807, 2.05) is 44.5 Å². The van der Waals surface area contributed by atoms with Crippen LogP contribution in [0.4, 0.5) is 17.1 Å². The molecule has 3 N–H and O–H groups in total. The molecule has 56 heavy (non-hydrogen) atoms. The van der Waals surface area contributed by atoms with E-state index in [-0.39, 0.29) is 53.5 Å². The lowest BCUT2D eigenvalue weighted by Gasteiger charge is -2.55. The number of hydrogen-bond donors (Lipinski definition) is 3. The summed E-state index contributed by atoms with van der Waals surface area (Å²) in [5, 5.41) is 8.65. The van der Waals surface area contributed by atoms with Gasteiger partial charge in [0.2, 0.25) is 11.8 Å². The maximum absolute atomic E-state index is 13.5. The number of ether oxygens (including phenoxy) is 2. The third kappa shape index (κ3) is 6.84. The van der Waals surface area contributed by atoms with Crippen LogP contribution in [0.5, 0.6) is 5.75 Å². The summed E-state index contributed by atoms with van der Waals surface area (Å²) in [5.74, 6) is 9.04. The van der Waals surface area contributed by atoms with E-state index in [0.29, 0.717) is 47.7 Å². The van der Waals surface area contributed by atoms with Gasteiger partial charge >= 0.3 is 0 Å². The van der Waals surface area contributed by atoms with Crippen LogP contribution >= 0.6 is 0 Å². The number of fused-ring (bicyclic) bond motifs is 7. The predicted octanol–water partition coefficient (Wildman–Crippen LogP) is 7.81. The molecule has 9 heteroatoms. The van der Waals surface area contributed by atoms with Crippen LogP contribution in [0.25, 0.3) is 0 Å². The number of rotatable bonds is 8. The van der Waals surface area contributed by atoms with Crippen molar-refractivity contribution in [1.29, 1.82) is 0 Å². The summed E-state index contributed by atoms with van der Waals surface area (Å²) < 4.78 is 11.9. The molecule has 5 aliphatic rings. The highest BCUT2D eigenvalue weighted by Crippen LogP contribution is 2.67. The third-order valence-corrected chi connectivity index (χ3v) is 14.3. The van der Waals surface area contributed by atoms with Gasteiger partial charge < -0.3 is 30.3 Å². The lowest BCUT2D eigenvalue weighted by molar-refractivity contribution is -0.118. The number of aryl methyl sites for hydroxylation is 2. The fourth-order valence-corrected chi connectivity index (χ4v) is 10.7. The molecule has 9 nitrogen and oxygen atoms in total. The zero-order chi connectivity index (χ0) is 39.4. The minimum Gasteiger partial charge on any atom is -0.493 e. The second-order valence-electron chi connectivity index (χ2n) is 17.5. The van der Waals surface area contributed by atoms with Crippen LogP contribution in [0.15, 0.2) is 54.6 Å². The van der Waals surface area contributed by atoms with Crippen molar-refractivity contribution in [2.75, 3.05) is 36.3 Å². The fourth-order valence-electron chi connectivity index (χ4n) is 10.7. The van der Waals surface area contributed by atoms with Crippen molar-refractivity contribution < 1.29 is 23.9 Å². The van der Waals surface area contributed by atoms with Gasteiger partial charge in [-0.3, -0.25) is 14.4 Å². The number of carbonyl (C=O) groups excluding carboxylic acids is 3. The van der Waals surface area contributed by atoms with Gasteiger partial charge in [-0.15, -0.1) is 5.92 Å². The largest absolute Gasteiger partial charge is 0.493 e. The molecule has 2 heterocycles. The first-order valence-corrected chi connectivity index (χ1v) is 20.5. The molecule has 2 fully saturated rings. The van der Waals surface area contributed by atoms with E-state index in [9.17, 15) is 14.4 Å². The van der Waals surface area contributed by atoms with Gasteiger partial charge in [0.15, 0.2) is 0 Å². The summed E-state index contributed by atoms with van der Waals surface area (Å²) in [5.41, 5.74) is 7.83. The highest BCUT2D eigenvalue weighted by Gasteiger charge is 2.62. The van der Waals surface area contributed by atoms with Crippen LogP contribution in [-0.2, 0) is 27.2 Å². The monoisotopic (exact) mass is 756 g/mol. The van der Waals surface area contributed by atoms with Crippen LogP contribution in [0.3, 0.4) is 0 Å². The number of benzene rings is 3. The molecule has 0 aromatic heterocycles. The van der Waals surface area contributed by atoms with Gasteiger partial charge in [0.25, 0.3) is 5.91 Å². The first-order valence-electron chi connectivity index (χ1n) is 20.5. The molecule has 3 aromatic carbocycles. The topological polar surface area (TPSA) is 109 Å². The van der Waals surface area contributed by atoms with Gasteiger partial charge in [0, 0.05) is 68.2 Å². The Labute approximate surface area is 331 Å². The first kappa shape index (κ1) is 38.1. The Morgan fingerprint density at radius 2 is 1.91 bits per heavy atom. The van der Waals surface area contributed by atoms with Gasteiger partial charge in [-0.05, 0) is 118 Å². The second kappa shape index (κ2) is 14.9. The highest BCUT2D eigenvalue weighted by molar-refractivity contribution is 6.10. The Morgan fingerprint density at radius 3 is 2.73 bits per heavy atom. The Kier molecular flexibility index (Phi) is 10.2. The van der Waals surface area contributed by atoms with Crippen molar-refractivity contribution in [3.05, 3.63) is 82.4 Å². The van der Waals surface area contributed by atoms with E-state index < -0.39 is 6.04 Å². The van der Waals surface area contributed by atoms with Gasteiger partial charge in [-0.1, -0.05) is 42.7 Å². The SMILES string of the molecule is COC1C[C@@]2(C)C(CCC2(C)C#CCC(C)N(C)c2ccc3c(c2)C(=O)NC(CCC(=O)Nc2ccc4c(c2)OCC4)C(=O)N3)C2CCc3cc(C)ccc3C12. The quantitative estimate of drug-likeness (QED) is 0.203. The van der Waals surface area contributed by atoms with Crippen LogP contribution in [0.2, 0.25) is 0 Å². The molecule has 2 saturated carbocycles. The molecule has 3 amide bonds. The fraction of sp³-hybridized carbons (Fsp3) is 0.511. The van der Waals surface area contributed by atoms with Crippen LogP contribution in [-0.4, -0.2) is 56.7 Å². The van der Waals surface area contributed by atoms with Gasteiger partial charge in [0.1, 0.15) is 11.8 Å². The second-order valence-corrected chi connectivity index (χ2v) is 17.5. The normalized spacial score (nSPS) is 29.0. The summed E-state index contributed by atoms with van der Waals surface area (Å²) in [4.78, 5) is 41.6. The smallest absolute Gasteiger partial charge is 0.254 e. The van der Waals surface area contributed by atoms with E-state index in [1.54, 1.807) is 6.07 Å². The molecule has 8 atom stereocenters. The first-order chi connectivity index (χ1) is 26.9. The number of hydrogen-bond acceptors (Lipinski definition) is 6. The average molecular weight is 757 g/mol. The van der Waals surface area contributed by atoms with E-state index in [2.05, 4.69) is 78.6 Å². The maximum Gasteiger partial charge on any atom is 0.254 e. The molecule has 8 rings (SSSR count). The Morgan fingerprint density at radius 1 is 1.07 bits per heavy atom. The van der Waals surface area contributed by atoms with Crippen molar-refractivity contribution in [2.24, 2.45) is 22.7 Å². The number of carbonyl (C=O) groups is 3. The van der Waals surface area contributed by atoms with E-state index in [1.165, 1.54) is 29.5 Å². The Hall–Kier alpha value is -4.81. The molecule has 0 spiro atoms. The highest BCUT2D eigenvalue weighted by atomic mass is 16.5. The number of nitrogens with one attached hydrogen (secondary N) is 3. The maximum atomic E-state index is 13.5. The van der Waals surface area contributed by atoms with Crippen LogP contribution < -0.4 is 25.6 Å². The van der Waals surface area contributed by atoms with E-state index in [4.69, 9.17) is 9.47 Å². The van der Waals surface area contributed by atoms with Crippen molar-refractivity contribution in [2.45, 2.75) is 110 Å². The van der Waals surface area contributed by atoms with Crippen LogP contribution in [0, 0.1) is 41.4 Å². The molecule has 7 unspecified atom stereocenters. The summed E-state index contributed by atoms with van der Waals surface area (Å²) in [6.07, 6.45) is 7.68. The van der Waals surface area contributed by atoms with E-state index >= 15 is 0 Å². The number of anilines is 3. The summed E-state index contributed by atoms with van der Waals surface area (Å²) in [7, 11) is 3.92. The Balaban J connectivity index is 0.896.